The van der Waals surface area contributed by atoms with Crippen LogP contribution in [0, 0.1) is 6.92 Å². The van der Waals surface area contributed by atoms with Crippen LogP contribution < -0.4 is 5.32 Å². The first-order valence-corrected chi connectivity index (χ1v) is 8.22. The minimum Gasteiger partial charge on any atom is -0.289 e. The third-order valence-electron chi connectivity index (χ3n) is 4.13. The molecule has 8 heteroatoms. The molecule has 1 saturated carbocycles. The zero-order valence-corrected chi connectivity index (χ0v) is 13.7. The van der Waals surface area contributed by atoms with Gasteiger partial charge in [0.1, 0.15) is 0 Å². The Labute approximate surface area is 138 Å². The van der Waals surface area contributed by atoms with Crippen molar-refractivity contribution >= 4 is 17.6 Å². The average molecular weight is 325 g/mol. The Hall–Kier alpha value is -2.77. The van der Waals surface area contributed by atoms with Crippen LogP contribution in [0.15, 0.2) is 18.5 Å². The lowest BCUT2D eigenvalue weighted by atomic mass is 10.2. The standard InChI is InChI=1S/C16H19N7O/c1-3-8-22-9-12(10(2)20-22)14(24)18-15-19-16-17-7-6-13(11-4-5-11)23(16)21-15/h6-7,9,11H,3-5,8H2,1-2H3,(H,18,21,24). The Kier molecular flexibility index (Phi) is 3.51. The Bertz CT molecular complexity index is 906. The van der Waals surface area contributed by atoms with Gasteiger partial charge in [-0.3, -0.25) is 14.8 Å². The highest BCUT2D eigenvalue weighted by Gasteiger charge is 2.27. The first-order chi connectivity index (χ1) is 11.7. The van der Waals surface area contributed by atoms with Crippen LogP contribution >= 0.6 is 0 Å². The zero-order chi connectivity index (χ0) is 16.7. The van der Waals surface area contributed by atoms with E-state index in [9.17, 15) is 4.79 Å². The molecule has 0 aromatic carbocycles. The summed E-state index contributed by atoms with van der Waals surface area (Å²) in [6.45, 7) is 4.68. The van der Waals surface area contributed by atoms with E-state index in [0.29, 0.717) is 23.0 Å². The van der Waals surface area contributed by atoms with E-state index < -0.39 is 0 Å². The van der Waals surface area contributed by atoms with Crippen LogP contribution in [0.4, 0.5) is 5.95 Å². The number of amides is 1. The van der Waals surface area contributed by atoms with Gasteiger partial charge in [0.2, 0.25) is 0 Å². The molecule has 24 heavy (non-hydrogen) atoms. The van der Waals surface area contributed by atoms with Gasteiger partial charge in [-0.2, -0.15) is 14.6 Å². The van der Waals surface area contributed by atoms with Gasteiger partial charge in [-0.1, -0.05) is 6.92 Å². The van der Waals surface area contributed by atoms with Crippen LogP contribution in [-0.2, 0) is 6.54 Å². The first-order valence-electron chi connectivity index (χ1n) is 8.22. The second kappa shape index (κ2) is 5.70. The molecule has 4 rings (SSSR count). The molecule has 3 aromatic heterocycles. The van der Waals surface area contributed by atoms with Gasteiger partial charge in [-0.25, -0.2) is 4.98 Å². The minimum atomic E-state index is -0.251. The second-order valence-electron chi connectivity index (χ2n) is 6.14. The van der Waals surface area contributed by atoms with Gasteiger partial charge in [0.05, 0.1) is 17.0 Å². The van der Waals surface area contributed by atoms with Crippen LogP contribution in [0.1, 0.15) is 53.8 Å². The molecule has 0 saturated heterocycles. The van der Waals surface area contributed by atoms with E-state index in [0.717, 1.165) is 31.5 Å². The number of hydrogen-bond donors (Lipinski definition) is 1. The summed E-state index contributed by atoms with van der Waals surface area (Å²) in [5.74, 6) is 1.05. The molecule has 1 N–H and O–H groups in total. The molecular formula is C16H19N7O. The van der Waals surface area contributed by atoms with E-state index in [4.69, 9.17) is 0 Å². The third-order valence-corrected chi connectivity index (χ3v) is 4.13. The van der Waals surface area contributed by atoms with Crippen molar-refractivity contribution in [2.45, 2.75) is 45.6 Å². The van der Waals surface area contributed by atoms with Crippen molar-refractivity contribution in [2.24, 2.45) is 0 Å². The number of nitrogens with zero attached hydrogens (tertiary/aromatic N) is 6. The largest absolute Gasteiger partial charge is 0.289 e. The van der Waals surface area contributed by atoms with E-state index in [1.54, 1.807) is 21.6 Å². The van der Waals surface area contributed by atoms with Crippen molar-refractivity contribution in [3.8, 4) is 0 Å². The topological polar surface area (TPSA) is 90.0 Å². The van der Waals surface area contributed by atoms with Gasteiger partial charge >= 0.3 is 0 Å². The highest BCUT2D eigenvalue weighted by molar-refractivity contribution is 6.04. The number of carbonyl (C=O) groups is 1. The molecule has 3 heterocycles. The molecule has 0 radical (unpaired) electrons. The zero-order valence-electron chi connectivity index (χ0n) is 13.7. The summed E-state index contributed by atoms with van der Waals surface area (Å²) in [6.07, 6.45) is 6.79. The van der Waals surface area contributed by atoms with Crippen molar-refractivity contribution in [1.29, 1.82) is 0 Å². The number of aryl methyl sites for hydroxylation is 2. The molecule has 8 nitrogen and oxygen atoms in total. The first kappa shape index (κ1) is 14.8. The number of fused-ring (bicyclic) bond motifs is 1. The summed E-state index contributed by atoms with van der Waals surface area (Å²) in [7, 11) is 0. The van der Waals surface area contributed by atoms with Gasteiger partial charge in [0, 0.05) is 24.9 Å². The van der Waals surface area contributed by atoms with E-state index in [1.165, 1.54) is 0 Å². The lowest BCUT2D eigenvalue weighted by molar-refractivity contribution is 0.102. The van der Waals surface area contributed by atoms with Crippen molar-refractivity contribution in [2.75, 3.05) is 5.32 Å². The summed E-state index contributed by atoms with van der Waals surface area (Å²) < 4.78 is 3.51. The molecule has 0 aliphatic heterocycles. The fourth-order valence-electron chi connectivity index (χ4n) is 2.81. The van der Waals surface area contributed by atoms with Crippen molar-refractivity contribution < 1.29 is 4.79 Å². The maximum absolute atomic E-state index is 12.5. The van der Waals surface area contributed by atoms with Crippen molar-refractivity contribution in [3.63, 3.8) is 0 Å². The number of carbonyl (C=O) groups excluding carboxylic acids is 1. The number of nitrogens with one attached hydrogen (secondary N) is 1. The fraction of sp³-hybridized carbons (Fsp3) is 0.438. The normalized spacial score (nSPS) is 14.2. The van der Waals surface area contributed by atoms with Crippen molar-refractivity contribution in [3.05, 3.63) is 35.4 Å². The molecule has 1 aliphatic carbocycles. The lowest BCUT2D eigenvalue weighted by Crippen LogP contribution is -2.13. The SMILES string of the molecule is CCCn1cc(C(=O)Nc2nc3nccc(C4CC4)n3n2)c(C)n1. The third kappa shape index (κ3) is 2.64. The second-order valence-corrected chi connectivity index (χ2v) is 6.14. The summed E-state index contributed by atoms with van der Waals surface area (Å²) >= 11 is 0. The Balaban J connectivity index is 1.59. The average Bonchev–Trinajstić information content (AvgIpc) is 3.21. The van der Waals surface area contributed by atoms with Gasteiger partial charge in [0.15, 0.2) is 0 Å². The van der Waals surface area contributed by atoms with E-state index in [2.05, 4.69) is 32.4 Å². The molecular weight excluding hydrogens is 306 g/mol. The predicted molar refractivity (Wildman–Crippen MR) is 88.0 cm³/mol. The predicted octanol–water partition coefficient (Wildman–Crippen LogP) is 2.17. The number of anilines is 1. The van der Waals surface area contributed by atoms with E-state index in [1.807, 2.05) is 13.0 Å². The lowest BCUT2D eigenvalue weighted by Gasteiger charge is -1.99. The molecule has 0 spiro atoms. The highest BCUT2D eigenvalue weighted by Crippen LogP contribution is 2.39. The molecule has 0 bridgehead atoms. The maximum Gasteiger partial charge on any atom is 0.261 e. The quantitative estimate of drug-likeness (QED) is 0.776. The maximum atomic E-state index is 12.5. The van der Waals surface area contributed by atoms with E-state index >= 15 is 0 Å². The fourth-order valence-corrected chi connectivity index (χ4v) is 2.81. The number of rotatable bonds is 5. The van der Waals surface area contributed by atoms with Crippen LogP contribution in [0.25, 0.3) is 5.78 Å². The van der Waals surface area contributed by atoms with Gasteiger partial charge in [0.25, 0.3) is 17.6 Å². The van der Waals surface area contributed by atoms with Crippen LogP contribution in [0.2, 0.25) is 0 Å². The molecule has 0 atom stereocenters. The van der Waals surface area contributed by atoms with Gasteiger partial charge in [-0.05, 0) is 32.3 Å². The van der Waals surface area contributed by atoms with Crippen molar-refractivity contribution in [1.82, 2.24) is 29.4 Å². The molecule has 1 amide bonds. The molecule has 124 valence electrons. The van der Waals surface area contributed by atoms with Crippen LogP contribution in [0.3, 0.4) is 0 Å². The van der Waals surface area contributed by atoms with E-state index in [-0.39, 0.29) is 11.9 Å². The Morgan fingerprint density at radius 3 is 2.96 bits per heavy atom. The van der Waals surface area contributed by atoms with Crippen LogP contribution in [-0.4, -0.2) is 35.3 Å². The number of hydrogen-bond acceptors (Lipinski definition) is 5. The minimum absolute atomic E-state index is 0.251. The Morgan fingerprint density at radius 2 is 2.21 bits per heavy atom. The molecule has 1 fully saturated rings. The monoisotopic (exact) mass is 325 g/mol. The molecule has 1 aliphatic rings. The van der Waals surface area contributed by atoms with Gasteiger partial charge in [-0.15, -0.1) is 5.10 Å². The highest BCUT2D eigenvalue weighted by atomic mass is 16.1. The number of aromatic nitrogens is 6. The van der Waals surface area contributed by atoms with Crippen LogP contribution in [0.5, 0.6) is 0 Å². The summed E-state index contributed by atoms with van der Waals surface area (Å²) in [5, 5.41) is 11.5. The summed E-state index contributed by atoms with van der Waals surface area (Å²) in [4.78, 5) is 21.0. The molecule has 3 aromatic rings. The smallest absolute Gasteiger partial charge is 0.261 e. The summed E-state index contributed by atoms with van der Waals surface area (Å²) in [6, 6.07) is 1.96. The molecule has 0 unspecified atom stereocenters. The summed E-state index contributed by atoms with van der Waals surface area (Å²) in [5.41, 5.74) is 2.33. The van der Waals surface area contributed by atoms with Gasteiger partial charge < -0.3 is 0 Å². The Morgan fingerprint density at radius 1 is 1.38 bits per heavy atom.